The highest BCUT2D eigenvalue weighted by Gasteiger charge is 2.20. The molecule has 1 aromatic heterocycles. The van der Waals surface area contributed by atoms with Crippen molar-refractivity contribution in [3.63, 3.8) is 0 Å². The summed E-state index contributed by atoms with van der Waals surface area (Å²) in [5.41, 5.74) is 2.87. The number of pyridine rings is 1. The van der Waals surface area contributed by atoms with Crippen molar-refractivity contribution in [1.29, 1.82) is 0 Å². The Morgan fingerprint density at radius 1 is 1.08 bits per heavy atom. The second-order valence-corrected chi connectivity index (χ2v) is 5.62. The lowest BCUT2D eigenvalue weighted by atomic mass is 10.0. The number of hydrogen-bond acceptors (Lipinski definition) is 5. The van der Waals surface area contributed by atoms with Gasteiger partial charge in [0.1, 0.15) is 5.75 Å². The second-order valence-electron chi connectivity index (χ2n) is 5.62. The molecular formula is C19H15NO4. The van der Waals surface area contributed by atoms with Crippen LogP contribution in [0.1, 0.15) is 21.6 Å². The fourth-order valence-corrected chi connectivity index (χ4v) is 2.93. The largest absolute Gasteiger partial charge is 0.454 e. The van der Waals surface area contributed by atoms with Gasteiger partial charge in [0.2, 0.25) is 6.79 Å². The zero-order valence-corrected chi connectivity index (χ0v) is 13.3. The smallest absolute Gasteiger partial charge is 0.345 e. The van der Waals surface area contributed by atoms with Gasteiger partial charge in [-0.25, -0.2) is 4.79 Å². The zero-order chi connectivity index (χ0) is 16.7. The van der Waals surface area contributed by atoms with Crippen LogP contribution in [-0.2, 0) is 0 Å². The molecule has 0 saturated heterocycles. The molecule has 120 valence electrons. The fourth-order valence-electron chi connectivity index (χ4n) is 2.93. The summed E-state index contributed by atoms with van der Waals surface area (Å²) in [5, 5.41) is 0.945. The molecule has 5 heteroatoms. The van der Waals surface area contributed by atoms with Gasteiger partial charge >= 0.3 is 5.97 Å². The van der Waals surface area contributed by atoms with E-state index in [9.17, 15) is 4.79 Å². The van der Waals surface area contributed by atoms with Gasteiger partial charge < -0.3 is 14.2 Å². The van der Waals surface area contributed by atoms with E-state index in [0.29, 0.717) is 28.5 Å². The molecule has 3 aromatic rings. The van der Waals surface area contributed by atoms with Gasteiger partial charge in [0, 0.05) is 11.5 Å². The molecule has 0 atom stereocenters. The number of hydrogen-bond donors (Lipinski definition) is 0. The fraction of sp³-hybridized carbons (Fsp3) is 0.158. The van der Waals surface area contributed by atoms with E-state index in [2.05, 4.69) is 4.98 Å². The molecule has 0 aliphatic carbocycles. The van der Waals surface area contributed by atoms with Gasteiger partial charge in [0.15, 0.2) is 11.5 Å². The minimum absolute atomic E-state index is 0.180. The van der Waals surface area contributed by atoms with Crippen LogP contribution in [0.4, 0.5) is 0 Å². The van der Waals surface area contributed by atoms with Crippen LogP contribution in [0.5, 0.6) is 17.2 Å². The highest BCUT2D eigenvalue weighted by Crippen LogP contribution is 2.35. The van der Waals surface area contributed by atoms with Crippen molar-refractivity contribution < 1.29 is 19.0 Å². The third kappa shape index (κ3) is 2.34. The first-order chi connectivity index (χ1) is 11.6. The predicted molar refractivity (Wildman–Crippen MR) is 88.7 cm³/mol. The molecule has 4 rings (SSSR count). The van der Waals surface area contributed by atoms with Crippen molar-refractivity contribution in [3.8, 4) is 17.2 Å². The number of rotatable bonds is 2. The number of ether oxygens (including phenoxy) is 3. The molecular weight excluding hydrogens is 306 g/mol. The van der Waals surface area contributed by atoms with Gasteiger partial charge in [-0.2, -0.15) is 0 Å². The maximum Gasteiger partial charge on any atom is 0.345 e. The third-order valence-corrected chi connectivity index (χ3v) is 4.09. The Labute approximate surface area is 138 Å². The highest BCUT2D eigenvalue weighted by molar-refractivity contribution is 5.99. The van der Waals surface area contributed by atoms with E-state index in [-0.39, 0.29) is 6.79 Å². The number of aromatic nitrogens is 1. The van der Waals surface area contributed by atoms with Crippen molar-refractivity contribution in [3.05, 3.63) is 59.3 Å². The van der Waals surface area contributed by atoms with E-state index in [1.165, 1.54) is 0 Å². The number of fused-ring (bicyclic) bond motifs is 2. The van der Waals surface area contributed by atoms with E-state index in [1.54, 1.807) is 18.2 Å². The molecule has 0 radical (unpaired) electrons. The summed E-state index contributed by atoms with van der Waals surface area (Å²) < 4.78 is 16.1. The molecule has 0 bridgehead atoms. The maximum absolute atomic E-state index is 12.7. The number of carbonyl (C=O) groups excluding carboxylic acids is 1. The Morgan fingerprint density at radius 3 is 2.75 bits per heavy atom. The number of esters is 1. The summed E-state index contributed by atoms with van der Waals surface area (Å²) in [7, 11) is 0. The molecule has 2 aromatic carbocycles. The van der Waals surface area contributed by atoms with Crippen molar-refractivity contribution in [2.24, 2.45) is 0 Å². The van der Waals surface area contributed by atoms with Crippen LogP contribution < -0.4 is 14.2 Å². The summed E-state index contributed by atoms with van der Waals surface area (Å²) >= 11 is 0. The molecule has 24 heavy (non-hydrogen) atoms. The maximum atomic E-state index is 12.7. The van der Waals surface area contributed by atoms with E-state index < -0.39 is 5.97 Å². The number of benzene rings is 2. The summed E-state index contributed by atoms with van der Waals surface area (Å²) in [4.78, 5) is 17.2. The van der Waals surface area contributed by atoms with Crippen LogP contribution >= 0.6 is 0 Å². The lowest BCUT2D eigenvalue weighted by Gasteiger charge is -2.12. The molecule has 0 amide bonds. The van der Waals surface area contributed by atoms with Crippen LogP contribution in [0.3, 0.4) is 0 Å². The Bertz CT molecular complexity index is 965. The van der Waals surface area contributed by atoms with Gasteiger partial charge in [-0.1, -0.05) is 18.2 Å². The summed E-state index contributed by atoms with van der Waals surface area (Å²) in [6, 6.07) is 12.8. The lowest BCUT2D eigenvalue weighted by Crippen LogP contribution is -2.13. The zero-order valence-electron chi connectivity index (χ0n) is 13.3. The summed E-state index contributed by atoms with van der Waals surface area (Å²) in [6.45, 7) is 3.91. The first-order valence-corrected chi connectivity index (χ1v) is 7.61. The Balaban J connectivity index is 1.71. The van der Waals surface area contributed by atoms with Crippen LogP contribution in [0.2, 0.25) is 0 Å². The van der Waals surface area contributed by atoms with Crippen molar-refractivity contribution >= 4 is 16.9 Å². The van der Waals surface area contributed by atoms with E-state index in [0.717, 1.165) is 16.5 Å². The lowest BCUT2D eigenvalue weighted by molar-refractivity contribution is 0.0733. The van der Waals surface area contributed by atoms with Crippen LogP contribution in [0.15, 0.2) is 42.5 Å². The van der Waals surface area contributed by atoms with Gasteiger partial charge in [0.05, 0.1) is 16.8 Å². The van der Waals surface area contributed by atoms with Crippen LogP contribution in [-0.4, -0.2) is 17.7 Å². The molecule has 0 N–H and O–H groups in total. The van der Waals surface area contributed by atoms with Gasteiger partial charge in [-0.15, -0.1) is 0 Å². The number of nitrogens with zero attached hydrogens (tertiary/aromatic N) is 1. The number of carbonyl (C=O) groups is 1. The van der Waals surface area contributed by atoms with Crippen LogP contribution in [0, 0.1) is 13.8 Å². The monoisotopic (exact) mass is 321 g/mol. The van der Waals surface area contributed by atoms with Gasteiger partial charge in [-0.05, 0) is 37.6 Å². The highest BCUT2D eigenvalue weighted by atomic mass is 16.7. The molecule has 0 spiro atoms. The molecule has 2 heterocycles. The molecule has 1 aliphatic rings. The Hall–Kier alpha value is -3.08. The van der Waals surface area contributed by atoms with Gasteiger partial charge in [-0.3, -0.25) is 4.98 Å². The Morgan fingerprint density at radius 2 is 1.88 bits per heavy atom. The molecule has 0 fully saturated rings. The minimum atomic E-state index is -0.429. The average Bonchev–Trinajstić information content (AvgIpc) is 3.02. The second kappa shape index (κ2) is 5.53. The predicted octanol–water partition coefficient (Wildman–Crippen LogP) is 3.80. The number of aryl methyl sites for hydroxylation is 2. The van der Waals surface area contributed by atoms with E-state index in [1.807, 2.05) is 38.1 Å². The normalized spacial score (nSPS) is 12.4. The first kappa shape index (κ1) is 14.5. The molecule has 1 aliphatic heterocycles. The SMILES string of the molecule is Cc1nc2ccccc2c(C)c1C(=O)Oc1ccc2c(c1)OCO2. The third-order valence-electron chi connectivity index (χ3n) is 4.09. The average molecular weight is 321 g/mol. The topological polar surface area (TPSA) is 57.7 Å². The molecule has 5 nitrogen and oxygen atoms in total. The van der Waals surface area contributed by atoms with E-state index >= 15 is 0 Å². The van der Waals surface area contributed by atoms with Crippen LogP contribution in [0.25, 0.3) is 10.9 Å². The summed E-state index contributed by atoms with van der Waals surface area (Å²) in [6.07, 6.45) is 0. The number of para-hydroxylation sites is 1. The summed E-state index contributed by atoms with van der Waals surface area (Å²) in [5.74, 6) is 1.21. The van der Waals surface area contributed by atoms with Crippen molar-refractivity contribution in [1.82, 2.24) is 4.98 Å². The minimum Gasteiger partial charge on any atom is -0.454 e. The quantitative estimate of drug-likeness (QED) is 0.531. The Kier molecular flexibility index (Phi) is 3.34. The standard InChI is InChI=1S/C19H15NO4/c1-11-14-5-3-4-6-15(14)20-12(2)18(11)19(21)24-13-7-8-16-17(9-13)23-10-22-16/h3-9H,10H2,1-2H3. The van der Waals surface area contributed by atoms with E-state index in [4.69, 9.17) is 14.2 Å². The van der Waals surface area contributed by atoms with Crippen molar-refractivity contribution in [2.75, 3.05) is 6.79 Å². The molecule has 0 saturated carbocycles. The van der Waals surface area contributed by atoms with Crippen molar-refractivity contribution in [2.45, 2.75) is 13.8 Å². The van der Waals surface area contributed by atoms with Gasteiger partial charge in [0.25, 0.3) is 0 Å². The first-order valence-electron chi connectivity index (χ1n) is 7.61. The molecule has 0 unspecified atom stereocenters.